The Morgan fingerprint density at radius 1 is 0.792 bits per heavy atom. The van der Waals surface area contributed by atoms with Gasteiger partial charge in [0.2, 0.25) is 0 Å². The van der Waals surface area contributed by atoms with Gasteiger partial charge in [0.1, 0.15) is 24.4 Å². The van der Waals surface area contributed by atoms with Gasteiger partial charge < -0.3 is 29.2 Å². The van der Waals surface area contributed by atoms with Crippen LogP contribution in [0.25, 0.3) is 0 Å². The van der Waals surface area contributed by atoms with Gasteiger partial charge in [-0.2, -0.15) is 0 Å². The summed E-state index contributed by atoms with van der Waals surface area (Å²) < 4.78 is 22.7. The molecule has 1 rings (SSSR count). The third kappa shape index (κ3) is 7.33. The lowest BCUT2D eigenvalue weighted by Crippen LogP contribution is -2.60. The van der Waals surface area contributed by atoms with Gasteiger partial charge in [0, 0.05) is 19.8 Å². The molecule has 2 N–H and O–H groups in total. The minimum absolute atomic E-state index is 0.244. The van der Waals surface area contributed by atoms with E-state index in [1.54, 1.807) is 0 Å². The Balaban J connectivity index is 2.61. The molecule has 0 aromatic heterocycles. The van der Waals surface area contributed by atoms with Crippen LogP contribution in [0.2, 0.25) is 0 Å². The maximum absolute atomic E-state index is 10.6. The second-order valence-electron chi connectivity index (χ2n) is 6.36. The standard InChI is InChI=1S/C18H36O6/c1-4-7-10-21-13-14-15(19)16(22-11-8-5-2)17(18(20)24-14)23-12-9-6-3/h14-20H,4-13H2,1-3H3/t14?,15-,16+,17?,18-/m1/s1. The second-order valence-corrected chi connectivity index (χ2v) is 6.36. The number of aliphatic hydroxyl groups is 2. The number of hydrogen-bond acceptors (Lipinski definition) is 6. The Hall–Kier alpha value is -0.240. The van der Waals surface area contributed by atoms with Gasteiger partial charge in [-0.15, -0.1) is 0 Å². The average Bonchev–Trinajstić information content (AvgIpc) is 2.57. The highest BCUT2D eigenvalue weighted by Crippen LogP contribution is 2.25. The van der Waals surface area contributed by atoms with Gasteiger partial charge in [0.15, 0.2) is 6.29 Å². The molecule has 0 spiro atoms. The molecule has 5 atom stereocenters. The lowest BCUT2D eigenvalue weighted by atomic mass is 9.98. The largest absolute Gasteiger partial charge is 0.387 e. The summed E-state index contributed by atoms with van der Waals surface area (Å²) in [7, 11) is 0. The molecule has 0 aromatic carbocycles. The first-order chi connectivity index (χ1) is 11.7. The van der Waals surface area contributed by atoms with Crippen molar-refractivity contribution in [1.29, 1.82) is 0 Å². The molecule has 2 unspecified atom stereocenters. The van der Waals surface area contributed by atoms with E-state index in [0.717, 1.165) is 38.5 Å². The van der Waals surface area contributed by atoms with Crippen LogP contribution < -0.4 is 0 Å². The Bertz CT molecular complexity index is 301. The molecular weight excluding hydrogens is 312 g/mol. The second kappa shape index (κ2) is 13.0. The van der Waals surface area contributed by atoms with Crippen molar-refractivity contribution in [3.8, 4) is 0 Å². The first-order valence-electron chi connectivity index (χ1n) is 9.48. The maximum atomic E-state index is 10.6. The van der Waals surface area contributed by atoms with E-state index < -0.39 is 30.7 Å². The van der Waals surface area contributed by atoms with E-state index >= 15 is 0 Å². The zero-order valence-corrected chi connectivity index (χ0v) is 15.5. The fourth-order valence-electron chi connectivity index (χ4n) is 2.59. The minimum atomic E-state index is -1.11. The highest BCUT2D eigenvalue weighted by Gasteiger charge is 2.46. The van der Waals surface area contributed by atoms with E-state index in [1.165, 1.54) is 0 Å². The molecule has 0 radical (unpaired) electrons. The van der Waals surface area contributed by atoms with Gasteiger partial charge >= 0.3 is 0 Å². The summed E-state index contributed by atoms with van der Waals surface area (Å²) in [4.78, 5) is 0. The van der Waals surface area contributed by atoms with Crippen LogP contribution >= 0.6 is 0 Å². The van der Waals surface area contributed by atoms with Crippen molar-refractivity contribution in [3.05, 3.63) is 0 Å². The average molecular weight is 348 g/mol. The summed E-state index contributed by atoms with van der Waals surface area (Å²) in [5, 5.41) is 20.9. The van der Waals surface area contributed by atoms with Crippen molar-refractivity contribution in [2.75, 3.05) is 26.4 Å². The number of aliphatic hydroxyl groups excluding tert-OH is 2. The zero-order valence-electron chi connectivity index (χ0n) is 15.5. The monoisotopic (exact) mass is 348 g/mol. The molecule has 0 amide bonds. The van der Waals surface area contributed by atoms with E-state index in [9.17, 15) is 10.2 Å². The number of hydrogen-bond donors (Lipinski definition) is 2. The van der Waals surface area contributed by atoms with Crippen LogP contribution in [-0.4, -0.2) is 67.3 Å². The van der Waals surface area contributed by atoms with Gasteiger partial charge in [-0.05, 0) is 19.3 Å². The lowest BCUT2D eigenvalue weighted by Gasteiger charge is -2.42. The summed E-state index contributed by atoms with van der Waals surface area (Å²) in [6, 6.07) is 0. The van der Waals surface area contributed by atoms with E-state index in [1.807, 2.05) is 0 Å². The first kappa shape index (κ1) is 21.8. The number of ether oxygens (including phenoxy) is 4. The molecule has 1 saturated heterocycles. The zero-order chi connectivity index (χ0) is 17.8. The van der Waals surface area contributed by atoms with Gasteiger partial charge in [-0.1, -0.05) is 40.0 Å². The summed E-state index contributed by atoms with van der Waals surface area (Å²) in [6.07, 6.45) is 1.95. The maximum Gasteiger partial charge on any atom is 0.184 e. The van der Waals surface area contributed by atoms with Crippen molar-refractivity contribution >= 4 is 0 Å². The SMILES string of the molecule is CCCCOCC1O[C@@H](O)C(OCCCC)[C@@H](OCCCC)[C@@H]1O. The molecule has 24 heavy (non-hydrogen) atoms. The van der Waals surface area contributed by atoms with E-state index in [2.05, 4.69) is 20.8 Å². The molecule has 0 saturated carbocycles. The van der Waals surface area contributed by atoms with Crippen molar-refractivity contribution in [1.82, 2.24) is 0 Å². The smallest absolute Gasteiger partial charge is 0.184 e. The fraction of sp³-hybridized carbons (Fsp3) is 1.00. The third-order valence-electron chi connectivity index (χ3n) is 4.18. The predicted octanol–water partition coefficient (Wildman–Crippen LogP) is 2.25. The number of unbranched alkanes of at least 4 members (excludes halogenated alkanes) is 3. The van der Waals surface area contributed by atoms with Gasteiger partial charge in [0.05, 0.1) is 6.61 Å². The molecular formula is C18H36O6. The quantitative estimate of drug-likeness (QED) is 0.497. The van der Waals surface area contributed by atoms with Crippen molar-refractivity contribution in [2.45, 2.75) is 90.0 Å². The van der Waals surface area contributed by atoms with Crippen LogP contribution in [0.1, 0.15) is 59.3 Å². The molecule has 6 heteroatoms. The van der Waals surface area contributed by atoms with E-state index in [4.69, 9.17) is 18.9 Å². The Morgan fingerprint density at radius 2 is 1.33 bits per heavy atom. The summed E-state index contributed by atoms with van der Waals surface area (Å²) >= 11 is 0. The lowest BCUT2D eigenvalue weighted by molar-refractivity contribution is -0.305. The summed E-state index contributed by atoms with van der Waals surface area (Å²) in [5.74, 6) is 0. The van der Waals surface area contributed by atoms with E-state index in [-0.39, 0.29) is 6.61 Å². The van der Waals surface area contributed by atoms with Gasteiger partial charge in [-0.25, -0.2) is 0 Å². The predicted molar refractivity (Wildman–Crippen MR) is 91.9 cm³/mol. The van der Waals surface area contributed by atoms with Crippen LogP contribution in [0, 0.1) is 0 Å². The number of rotatable bonds is 13. The third-order valence-corrected chi connectivity index (χ3v) is 4.18. The van der Waals surface area contributed by atoms with Gasteiger partial charge in [0.25, 0.3) is 0 Å². The normalized spacial score (nSPS) is 30.6. The Labute approximate surface area is 146 Å². The summed E-state index contributed by atoms with van der Waals surface area (Å²) in [6.45, 7) is 8.16. The molecule has 0 aliphatic carbocycles. The molecule has 144 valence electrons. The topological polar surface area (TPSA) is 77.4 Å². The summed E-state index contributed by atoms with van der Waals surface area (Å²) in [5.41, 5.74) is 0. The van der Waals surface area contributed by atoms with E-state index in [0.29, 0.717) is 19.8 Å². The molecule has 1 fully saturated rings. The first-order valence-corrected chi connectivity index (χ1v) is 9.48. The minimum Gasteiger partial charge on any atom is -0.387 e. The molecule has 0 bridgehead atoms. The highest BCUT2D eigenvalue weighted by atomic mass is 16.7. The van der Waals surface area contributed by atoms with Crippen LogP contribution in [0.5, 0.6) is 0 Å². The molecule has 1 heterocycles. The van der Waals surface area contributed by atoms with Crippen LogP contribution in [0.4, 0.5) is 0 Å². The molecule has 1 aliphatic rings. The fourth-order valence-corrected chi connectivity index (χ4v) is 2.59. The van der Waals surface area contributed by atoms with Crippen molar-refractivity contribution < 1.29 is 29.2 Å². The highest BCUT2D eigenvalue weighted by molar-refractivity contribution is 4.91. The van der Waals surface area contributed by atoms with Crippen molar-refractivity contribution in [3.63, 3.8) is 0 Å². The van der Waals surface area contributed by atoms with Crippen LogP contribution in [0.3, 0.4) is 0 Å². The molecule has 0 aromatic rings. The van der Waals surface area contributed by atoms with Crippen molar-refractivity contribution in [2.24, 2.45) is 0 Å². The molecule has 1 aliphatic heterocycles. The van der Waals surface area contributed by atoms with Gasteiger partial charge in [-0.3, -0.25) is 0 Å². The molecule has 6 nitrogen and oxygen atoms in total. The van der Waals surface area contributed by atoms with Crippen LogP contribution in [0.15, 0.2) is 0 Å². The van der Waals surface area contributed by atoms with Crippen LogP contribution in [-0.2, 0) is 18.9 Å². The Morgan fingerprint density at radius 3 is 1.92 bits per heavy atom. The Kier molecular flexibility index (Phi) is 11.8.